The zero-order valence-corrected chi connectivity index (χ0v) is 25.2. The number of carbonyl (C=O) groups excluding carboxylic acids is 2. The van der Waals surface area contributed by atoms with Gasteiger partial charge in [-0.05, 0) is 83.5 Å². The lowest BCUT2D eigenvalue weighted by atomic mass is 9.69. The van der Waals surface area contributed by atoms with Crippen LogP contribution in [0.4, 0.5) is 10.1 Å². The van der Waals surface area contributed by atoms with Crippen LogP contribution in [0.5, 0.6) is 11.5 Å². The van der Waals surface area contributed by atoms with Crippen LogP contribution < -0.4 is 9.64 Å². The van der Waals surface area contributed by atoms with Gasteiger partial charge in [-0.2, -0.15) is 0 Å². The Hall–Kier alpha value is -5.01. The Balaban J connectivity index is 1.20. The van der Waals surface area contributed by atoms with Gasteiger partial charge in [0.2, 0.25) is 11.8 Å². The van der Waals surface area contributed by atoms with E-state index in [2.05, 4.69) is 0 Å². The van der Waals surface area contributed by atoms with Crippen molar-refractivity contribution in [3.05, 3.63) is 137 Å². The molecule has 232 valence electrons. The van der Waals surface area contributed by atoms with Crippen LogP contribution in [0.1, 0.15) is 30.4 Å². The first-order chi connectivity index (χ1) is 22.5. The third-order valence-corrected chi connectivity index (χ3v) is 9.31. The highest BCUT2D eigenvalue weighted by molar-refractivity contribution is 6.22. The Morgan fingerprint density at radius 3 is 2.30 bits per heavy atom. The fourth-order valence-corrected chi connectivity index (χ4v) is 7.18. The lowest BCUT2D eigenvalue weighted by Gasteiger charge is -2.31. The van der Waals surface area contributed by atoms with Crippen molar-refractivity contribution in [2.24, 2.45) is 17.8 Å². The Labute approximate surface area is 267 Å². The lowest BCUT2D eigenvalue weighted by Crippen LogP contribution is -2.35. The number of amides is 2. The topological polar surface area (TPSA) is 76.1 Å². The van der Waals surface area contributed by atoms with Crippen molar-refractivity contribution in [2.75, 3.05) is 18.1 Å². The van der Waals surface area contributed by atoms with Crippen molar-refractivity contribution in [3.8, 4) is 11.5 Å². The van der Waals surface area contributed by atoms with Crippen molar-refractivity contribution < 1.29 is 28.6 Å². The van der Waals surface area contributed by atoms with Gasteiger partial charge in [0.15, 0.2) is 11.6 Å². The minimum Gasteiger partial charge on any atom is -0.505 e. The number of imide groups is 1. The fourth-order valence-electron chi connectivity index (χ4n) is 7.18. The average Bonchev–Trinajstić information content (AvgIpc) is 3.62. The van der Waals surface area contributed by atoms with Gasteiger partial charge >= 0.3 is 0 Å². The number of anilines is 1. The number of para-hydroxylation sites is 2. The van der Waals surface area contributed by atoms with Crippen LogP contribution in [0.15, 0.2) is 120 Å². The number of carbonyl (C=O) groups is 2. The van der Waals surface area contributed by atoms with E-state index < -0.39 is 17.7 Å². The molecule has 0 spiro atoms. The van der Waals surface area contributed by atoms with E-state index in [9.17, 15) is 19.1 Å². The molecule has 2 amide bonds. The lowest BCUT2D eigenvalue weighted by molar-refractivity contribution is -0.122. The molecule has 0 unspecified atom stereocenters. The predicted octanol–water partition coefficient (Wildman–Crippen LogP) is 7.45. The first-order valence-corrected chi connectivity index (χ1v) is 15.7. The van der Waals surface area contributed by atoms with Gasteiger partial charge in [0.05, 0.1) is 30.2 Å². The first-order valence-electron chi connectivity index (χ1n) is 15.7. The number of phenols is 1. The second-order valence-electron chi connectivity index (χ2n) is 12.1. The number of fused-ring (bicyclic) bond motifs is 3. The molecule has 2 heterocycles. The Morgan fingerprint density at radius 2 is 1.59 bits per heavy atom. The van der Waals surface area contributed by atoms with E-state index in [0.717, 1.165) is 28.0 Å². The minimum atomic E-state index is -0.673. The van der Waals surface area contributed by atoms with Gasteiger partial charge in [-0.15, -0.1) is 0 Å². The third-order valence-electron chi connectivity index (χ3n) is 9.31. The van der Waals surface area contributed by atoms with Gasteiger partial charge in [0.25, 0.3) is 0 Å². The molecular weight excluding hydrogens is 581 g/mol. The summed E-state index contributed by atoms with van der Waals surface area (Å²) in [7, 11) is 0. The third kappa shape index (κ3) is 5.74. The minimum absolute atomic E-state index is 0.170. The number of benzene rings is 4. The Morgan fingerprint density at radius 1 is 0.891 bits per heavy atom. The number of hydrogen-bond acceptors (Lipinski definition) is 5. The van der Waals surface area contributed by atoms with Gasteiger partial charge in [0, 0.05) is 5.92 Å². The Kier molecular flexibility index (Phi) is 8.24. The molecule has 2 saturated heterocycles. The quantitative estimate of drug-likeness (QED) is 0.120. The van der Waals surface area contributed by atoms with Crippen LogP contribution in [0.25, 0.3) is 11.6 Å². The molecule has 46 heavy (non-hydrogen) atoms. The van der Waals surface area contributed by atoms with Crippen LogP contribution in [0, 0.1) is 23.6 Å². The smallest absolute Gasteiger partial charge is 0.238 e. The van der Waals surface area contributed by atoms with E-state index >= 15 is 0 Å². The molecule has 6 nitrogen and oxygen atoms in total. The number of phenolic OH excluding ortho intramolecular Hbond substituents is 1. The van der Waals surface area contributed by atoms with Crippen LogP contribution in [-0.2, 0) is 14.3 Å². The van der Waals surface area contributed by atoms with Crippen molar-refractivity contribution in [1.29, 1.82) is 0 Å². The van der Waals surface area contributed by atoms with Gasteiger partial charge in [0.1, 0.15) is 12.4 Å². The normalized spacial score (nSPS) is 22.6. The number of hydrogen-bond donors (Lipinski definition) is 1. The highest BCUT2D eigenvalue weighted by Gasteiger charge is 2.57. The highest BCUT2D eigenvalue weighted by atomic mass is 19.1. The maximum Gasteiger partial charge on any atom is 0.238 e. The first kappa shape index (κ1) is 29.7. The summed E-state index contributed by atoms with van der Waals surface area (Å²) < 4.78 is 26.9. The van der Waals surface area contributed by atoms with Crippen molar-refractivity contribution in [2.45, 2.75) is 25.4 Å². The molecular formula is C39H34FNO5. The number of ether oxygens (including phenoxy) is 2. The highest BCUT2D eigenvalue weighted by Crippen LogP contribution is 2.50. The van der Waals surface area contributed by atoms with Gasteiger partial charge in [-0.3, -0.25) is 14.5 Å². The molecule has 4 aromatic carbocycles. The number of nitrogens with zero attached hydrogens (tertiary/aromatic N) is 1. The van der Waals surface area contributed by atoms with Crippen molar-refractivity contribution >= 4 is 29.2 Å². The average molecular weight is 616 g/mol. The second kappa shape index (κ2) is 12.8. The fraction of sp³-hybridized carbons (Fsp3) is 0.231. The zero-order chi connectivity index (χ0) is 31.6. The second-order valence-corrected chi connectivity index (χ2v) is 12.1. The summed E-state index contributed by atoms with van der Waals surface area (Å²) in [5.41, 5.74) is 5.32. The van der Waals surface area contributed by atoms with Gasteiger partial charge < -0.3 is 14.6 Å². The van der Waals surface area contributed by atoms with Gasteiger partial charge in [-0.25, -0.2) is 4.39 Å². The van der Waals surface area contributed by atoms with Crippen molar-refractivity contribution in [3.63, 3.8) is 0 Å². The maximum absolute atomic E-state index is 14.2. The van der Waals surface area contributed by atoms with Crippen molar-refractivity contribution in [1.82, 2.24) is 0 Å². The molecule has 0 aromatic heterocycles. The van der Waals surface area contributed by atoms with E-state index in [1.54, 1.807) is 18.2 Å². The number of rotatable bonds is 9. The molecule has 7 heteroatoms. The van der Waals surface area contributed by atoms with Crippen LogP contribution >= 0.6 is 0 Å². The van der Waals surface area contributed by atoms with E-state index in [1.165, 1.54) is 17.0 Å². The Bertz CT molecular complexity index is 1800. The molecule has 1 aliphatic carbocycles. The molecule has 4 aromatic rings. The van der Waals surface area contributed by atoms with E-state index in [1.807, 2.05) is 84.9 Å². The zero-order valence-electron chi connectivity index (χ0n) is 25.2. The van der Waals surface area contributed by atoms with Crippen LogP contribution in [0.2, 0.25) is 0 Å². The molecule has 2 aliphatic heterocycles. The number of aromatic hydroxyl groups is 1. The molecule has 0 radical (unpaired) electrons. The summed E-state index contributed by atoms with van der Waals surface area (Å²) in [5.74, 6) is -1.85. The molecule has 2 fully saturated rings. The summed E-state index contributed by atoms with van der Waals surface area (Å²) in [6, 6.07) is 33.0. The standard InChI is InChI=1S/C39H34FNO5/c40-33-21-25(16-18-34(33)42)20-27(26-10-4-1-5-11-26)17-19-35-36-28(23-45-30-14-8-3-9-15-30)22-31-37(32(36)24-46-35)39(44)41(38(31)43)29-12-6-2-7-13-29/h1-16,18,20-21,31-32,35,37,42H,17,19,22-24H2/b27-20-/t31-,32+,35-,37-/m1/s1. The molecule has 0 bridgehead atoms. The van der Waals surface area contributed by atoms with E-state index in [4.69, 9.17) is 9.47 Å². The molecule has 7 rings (SSSR count). The largest absolute Gasteiger partial charge is 0.505 e. The summed E-state index contributed by atoms with van der Waals surface area (Å²) in [4.78, 5) is 29.1. The molecule has 1 N–H and O–H groups in total. The molecule has 0 saturated carbocycles. The van der Waals surface area contributed by atoms with Crippen LogP contribution in [0.3, 0.4) is 0 Å². The number of halogens is 1. The summed E-state index contributed by atoms with van der Waals surface area (Å²) in [6.45, 7) is 0.658. The van der Waals surface area contributed by atoms with Crippen LogP contribution in [-0.4, -0.2) is 36.2 Å². The summed E-state index contributed by atoms with van der Waals surface area (Å²) >= 11 is 0. The predicted molar refractivity (Wildman–Crippen MR) is 174 cm³/mol. The van der Waals surface area contributed by atoms with E-state index in [0.29, 0.717) is 43.7 Å². The SMILES string of the molecule is O=C1[C@@H]2[C@@H](CC(COc3ccccc3)=C3[C@@H](CC/C(=C/c4ccc(O)c(F)c4)c4ccccc4)OC[C@@H]32)C(=O)N1c1ccccc1. The van der Waals surface area contributed by atoms with E-state index in [-0.39, 0.29) is 29.6 Å². The number of allylic oxidation sites excluding steroid dienone is 1. The monoisotopic (exact) mass is 615 g/mol. The molecule has 4 atom stereocenters. The van der Waals surface area contributed by atoms with Gasteiger partial charge in [-0.1, -0.05) is 78.9 Å². The summed E-state index contributed by atoms with van der Waals surface area (Å²) in [5, 5.41) is 9.70. The molecule has 3 aliphatic rings. The maximum atomic E-state index is 14.2. The summed E-state index contributed by atoms with van der Waals surface area (Å²) in [6.07, 6.45) is 3.36.